The summed E-state index contributed by atoms with van der Waals surface area (Å²) < 4.78 is 41.5. The van der Waals surface area contributed by atoms with Crippen molar-refractivity contribution in [2.45, 2.75) is 25.3 Å². The second-order valence-corrected chi connectivity index (χ2v) is 6.73. The summed E-state index contributed by atoms with van der Waals surface area (Å²) in [5.41, 5.74) is -0.195. The topological polar surface area (TPSA) is 69.6 Å². The fourth-order valence-electron chi connectivity index (χ4n) is 2.25. The zero-order valence-corrected chi connectivity index (χ0v) is 12.3. The van der Waals surface area contributed by atoms with E-state index in [1.54, 1.807) is 0 Å². The monoisotopic (exact) mass is 322 g/mol. The Bertz CT molecular complexity index is 582. The molecule has 1 saturated heterocycles. The van der Waals surface area contributed by atoms with E-state index < -0.39 is 22.1 Å². The van der Waals surface area contributed by atoms with Crippen molar-refractivity contribution >= 4 is 27.5 Å². The van der Waals surface area contributed by atoms with Crippen molar-refractivity contribution in [2.75, 3.05) is 17.9 Å². The van der Waals surface area contributed by atoms with Gasteiger partial charge in [-0.15, -0.1) is 0 Å². The molecular weight excluding hydrogens is 307 g/mol. The first-order valence-corrected chi connectivity index (χ1v) is 8.11. The molecule has 8 heteroatoms. The minimum absolute atomic E-state index is 0.195. The summed E-state index contributed by atoms with van der Waals surface area (Å²) in [5.74, 6) is -0.699. The maximum Gasteiger partial charge on any atom is 0.302 e. The van der Waals surface area contributed by atoms with Gasteiger partial charge in [-0.1, -0.05) is 18.0 Å². The van der Waals surface area contributed by atoms with E-state index in [0.717, 1.165) is 18.9 Å². The van der Waals surface area contributed by atoms with Crippen LogP contribution in [0.3, 0.4) is 0 Å². The number of benzene rings is 1. The van der Waals surface area contributed by atoms with Crippen molar-refractivity contribution in [1.29, 1.82) is 0 Å². The average molecular weight is 323 g/mol. The lowest BCUT2D eigenvalue weighted by Gasteiger charge is -2.33. The summed E-state index contributed by atoms with van der Waals surface area (Å²) in [7, 11) is -3.91. The van der Waals surface area contributed by atoms with E-state index >= 15 is 0 Å². The van der Waals surface area contributed by atoms with Crippen molar-refractivity contribution in [1.82, 2.24) is 4.31 Å². The number of rotatable bonds is 4. The Kier molecular flexibility index (Phi) is 4.85. The molecule has 1 aliphatic heterocycles. The molecule has 1 heterocycles. The highest BCUT2D eigenvalue weighted by molar-refractivity contribution is 7.90. The number of aliphatic hydroxyl groups excluding tert-OH is 1. The second-order valence-electron chi connectivity index (χ2n) is 4.67. The fraction of sp³-hybridized carbons (Fsp3) is 0.500. The number of hydrogen-bond acceptors (Lipinski definition) is 3. The molecule has 2 N–H and O–H groups in total. The van der Waals surface area contributed by atoms with Gasteiger partial charge < -0.3 is 5.11 Å². The highest BCUT2D eigenvalue weighted by Crippen LogP contribution is 2.25. The highest BCUT2D eigenvalue weighted by Gasteiger charge is 2.32. The van der Waals surface area contributed by atoms with Gasteiger partial charge >= 0.3 is 10.2 Å². The van der Waals surface area contributed by atoms with Crippen molar-refractivity contribution < 1.29 is 17.9 Å². The van der Waals surface area contributed by atoms with Gasteiger partial charge in [-0.25, -0.2) is 4.39 Å². The molecule has 1 aromatic rings. The van der Waals surface area contributed by atoms with Crippen LogP contribution >= 0.6 is 11.6 Å². The number of hydrogen-bond donors (Lipinski definition) is 2. The second kappa shape index (κ2) is 6.26. The lowest BCUT2D eigenvalue weighted by Crippen LogP contribution is -2.48. The van der Waals surface area contributed by atoms with E-state index in [0.29, 0.717) is 13.0 Å². The van der Waals surface area contributed by atoms with Crippen LogP contribution in [0.25, 0.3) is 0 Å². The largest absolute Gasteiger partial charge is 0.395 e. The van der Waals surface area contributed by atoms with Gasteiger partial charge in [0, 0.05) is 17.6 Å². The van der Waals surface area contributed by atoms with Crippen molar-refractivity contribution in [3.8, 4) is 0 Å². The van der Waals surface area contributed by atoms with Crippen LogP contribution in [0.4, 0.5) is 10.1 Å². The molecule has 0 aromatic heterocycles. The molecule has 1 atom stereocenters. The Labute approximate surface area is 122 Å². The van der Waals surface area contributed by atoms with E-state index in [9.17, 15) is 17.9 Å². The Morgan fingerprint density at radius 3 is 2.90 bits per heavy atom. The Balaban J connectivity index is 2.24. The van der Waals surface area contributed by atoms with Crippen LogP contribution < -0.4 is 4.72 Å². The third-order valence-corrected chi connectivity index (χ3v) is 5.07. The van der Waals surface area contributed by atoms with Gasteiger partial charge in [-0.05, 0) is 31.0 Å². The van der Waals surface area contributed by atoms with E-state index in [1.807, 2.05) is 0 Å². The number of nitrogens with one attached hydrogen (secondary N) is 1. The van der Waals surface area contributed by atoms with Crippen LogP contribution in [0.5, 0.6) is 0 Å². The smallest absolute Gasteiger partial charge is 0.302 e. The molecule has 1 unspecified atom stereocenters. The van der Waals surface area contributed by atoms with Crippen LogP contribution in [-0.2, 0) is 10.2 Å². The predicted octanol–water partition coefficient (Wildman–Crippen LogP) is 1.98. The molecule has 0 amide bonds. The number of anilines is 1. The zero-order chi connectivity index (χ0) is 14.8. The zero-order valence-electron chi connectivity index (χ0n) is 10.7. The minimum atomic E-state index is -3.91. The maximum atomic E-state index is 13.6. The van der Waals surface area contributed by atoms with Crippen LogP contribution in [0.1, 0.15) is 19.3 Å². The Morgan fingerprint density at radius 2 is 2.20 bits per heavy atom. The maximum absolute atomic E-state index is 13.6. The van der Waals surface area contributed by atoms with E-state index in [4.69, 9.17) is 11.6 Å². The first-order chi connectivity index (χ1) is 9.44. The summed E-state index contributed by atoms with van der Waals surface area (Å²) in [6.45, 7) is 0.0572. The summed E-state index contributed by atoms with van der Waals surface area (Å²) in [4.78, 5) is 0. The first-order valence-electron chi connectivity index (χ1n) is 6.29. The molecule has 20 heavy (non-hydrogen) atoms. The normalized spacial score (nSPS) is 20.9. The van der Waals surface area contributed by atoms with Gasteiger partial charge in [0.2, 0.25) is 0 Å². The van der Waals surface area contributed by atoms with Gasteiger partial charge in [0.1, 0.15) is 5.82 Å². The van der Waals surface area contributed by atoms with Crippen LogP contribution in [0.15, 0.2) is 18.2 Å². The van der Waals surface area contributed by atoms with Gasteiger partial charge in [-0.2, -0.15) is 12.7 Å². The van der Waals surface area contributed by atoms with Crippen molar-refractivity contribution in [3.05, 3.63) is 29.0 Å². The fourth-order valence-corrected chi connectivity index (χ4v) is 3.90. The molecule has 0 bridgehead atoms. The van der Waals surface area contributed by atoms with Crippen molar-refractivity contribution in [3.63, 3.8) is 0 Å². The molecule has 1 aromatic carbocycles. The molecule has 1 aliphatic rings. The Hall–Kier alpha value is -0.890. The predicted molar refractivity (Wildman–Crippen MR) is 75.4 cm³/mol. The van der Waals surface area contributed by atoms with E-state index in [-0.39, 0.29) is 17.3 Å². The van der Waals surface area contributed by atoms with E-state index in [1.165, 1.54) is 16.4 Å². The third kappa shape index (κ3) is 3.41. The van der Waals surface area contributed by atoms with Gasteiger partial charge in [-0.3, -0.25) is 4.72 Å². The van der Waals surface area contributed by atoms with Crippen LogP contribution in [-0.4, -0.2) is 37.0 Å². The highest BCUT2D eigenvalue weighted by atomic mass is 35.5. The number of halogens is 2. The standard InChI is InChI=1S/C12H16ClFN2O3S/c13-9-4-5-11(14)12(7-9)15-20(18,19)16-6-2-1-3-10(16)8-17/h4-5,7,10,15,17H,1-3,6,8H2. The molecule has 0 radical (unpaired) electrons. The lowest BCUT2D eigenvalue weighted by atomic mass is 10.1. The quantitative estimate of drug-likeness (QED) is 0.890. The molecular formula is C12H16ClFN2O3S. The molecule has 5 nitrogen and oxygen atoms in total. The third-order valence-electron chi connectivity index (χ3n) is 3.26. The van der Waals surface area contributed by atoms with Gasteiger partial charge in [0.25, 0.3) is 0 Å². The summed E-state index contributed by atoms with van der Waals surface area (Å²) in [6, 6.07) is 3.18. The molecule has 112 valence electrons. The van der Waals surface area contributed by atoms with Crippen LogP contribution in [0, 0.1) is 5.82 Å². The molecule has 2 rings (SSSR count). The molecule has 0 aliphatic carbocycles. The number of nitrogens with zero attached hydrogens (tertiary/aromatic N) is 1. The minimum Gasteiger partial charge on any atom is -0.395 e. The van der Waals surface area contributed by atoms with Gasteiger partial charge in [0.05, 0.1) is 12.3 Å². The molecule has 1 fully saturated rings. The SMILES string of the molecule is O=S(=O)(Nc1cc(Cl)ccc1F)N1CCCCC1CO. The first kappa shape index (κ1) is 15.5. The summed E-state index contributed by atoms with van der Waals surface area (Å²) in [5, 5.41) is 9.50. The number of aliphatic hydroxyl groups is 1. The number of piperidine rings is 1. The lowest BCUT2D eigenvalue weighted by molar-refractivity contribution is 0.156. The van der Waals surface area contributed by atoms with Gasteiger partial charge in [0.15, 0.2) is 0 Å². The summed E-state index contributed by atoms with van der Waals surface area (Å²) in [6.07, 6.45) is 2.17. The van der Waals surface area contributed by atoms with Crippen molar-refractivity contribution in [2.24, 2.45) is 0 Å². The van der Waals surface area contributed by atoms with E-state index in [2.05, 4.69) is 4.72 Å². The average Bonchev–Trinajstić information content (AvgIpc) is 2.42. The summed E-state index contributed by atoms with van der Waals surface area (Å²) >= 11 is 5.73. The Morgan fingerprint density at radius 1 is 1.45 bits per heavy atom. The molecule has 0 spiro atoms. The molecule has 0 saturated carbocycles. The van der Waals surface area contributed by atoms with Crippen LogP contribution in [0.2, 0.25) is 5.02 Å².